The summed E-state index contributed by atoms with van der Waals surface area (Å²) in [6.45, 7) is 5.07. The van der Waals surface area contributed by atoms with E-state index in [1.165, 1.54) is 30.0 Å². The maximum atomic E-state index is 12.0. The van der Waals surface area contributed by atoms with Crippen LogP contribution in [0.5, 0.6) is 0 Å². The Balaban J connectivity index is 1.58. The lowest BCUT2D eigenvalue weighted by atomic mass is 9.92. The molecule has 1 aromatic carbocycles. The molecule has 3 heterocycles. The van der Waals surface area contributed by atoms with Gasteiger partial charge in [0.15, 0.2) is 0 Å². The van der Waals surface area contributed by atoms with Gasteiger partial charge in [0.05, 0.1) is 5.52 Å². The Morgan fingerprint density at radius 3 is 2.75 bits per heavy atom. The lowest BCUT2D eigenvalue weighted by molar-refractivity contribution is -0.125. The highest BCUT2D eigenvalue weighted by Gasteiger charge is 2.28. The first-order chi connectivity index (χ1) is 13.7. The average molecular weight is 370 g/mol. The van der Waals surface area contributed by atoms with Crippen molar-refractivity contribution in [2.45, 2.75) is 31.1 Å². The van der Waals surface area contributed by atoms with Gasteiger partial charge in [-0.3, -0.25) is 9.78 Å². The van der Waals surface area contributed by atoms with Crippen LogP contribution in [0.25, 0.3) is 22.0 Å². The summed E-state index contributed by atoms with van der Waals surface area (Å²) in [4.78, 5) is 27.2. The van der Waals surface area contributed by atoms with E-state index in [4.69, 9.17) is 0 Å². The number of carbonyl (C=O) groups excluding carboxylic acids is 1. The molecule has 28 heavy (non-hydrogen) atoms. The number of carbonyl (C=O) groups is 1. The molecule has 5 rings (SSSR count). The molecule has 5 heteroatoms. The van der Waals surface area contributed by atoms with E-state index in [0.717, 1.165) is 35.0 Å². The molecule has 1 unspecified atom stereocenters. The largest absolute Gasteiger partial charge is 0.339 e. The van der Waals surface area contributed by atoms with Crippen LogP contribution in [0.15, 0.2) is 55.8 Å². The standard InChI is InChI=1S/C23H22N4O/c1-2-22(28)27-6-5-16(13-27)21-9-17(7-20-12-25-14-26-23(20)21)19-8-18(10-24-11-19)15-3-4-15/h2,7-12,14-16H,1,3-6,13H2. The number of benzene rings is 1. The van der Waals surface area contributed by atoms with Gasteiger partial charge < -0.3 is 4.90 Å². The molecule has 2 aromatic heterocycles. The van der Waals surface area contributed by atoms with Gasteiger partial charge in [-0.15, -0.1) is 0 Å². The Morgan fingerprint density at radius 2 is 1.93 bits per heavy atom. The van der Waals surface area contributed by atoms with Gasteiger partial charge >= 0.3 is 0 Å². The molecule has 1 aliphatic heterocycles. The number of nitrogens with zero attached hydrogens (tertiary/aromatic N) is 4. The molecule has 0 spiro atoms. The molecule has 140 valence electrons. The van der Waals surface area contributed by atoms with Crippen LogP contribution in [0.4, 0.5) is 0 Å². The zero-order valence-electron chi connectivity index (χ0n) is 15.7. The van der Waals surface area contributed by atoms with Crippen LogP contribution < -0.4 is 0 Å². The van der Waals surface area contributed by atoms with Gasteiger partial charge in [-0.2, -0.15) is 0 Å². The van der Waals surface area contributed by atoms with E-state index in [1.54, 1.807) is 6.33 Å². The van der Waals surface area contributed by atoms with Gasteiger partial charge in [-0.1, -0.05) is 6.58 Å². The summed E-state index contributed by atoms with van der Waals surface area (Å²) in [5.74, 6) is 0.934. The van der Waals surface area contributed by atoms with Gasteiger partial charge in [0, 0.05) is 48.5 Å². The summed E-state index contributed by atoms with van der Waals surface area (Å²) in [7, 11) is 0. The molecule has 1 aliphatic carbocycles. The fourth-order valence-corrected chi connectivity index (χ4v) is 4.21. The fraction of sp³-hybridized carbons (Fsp3) is 0.304. The minimum Gasteiger partial charge on any atom is -0.339 e. The third-order valence-electron chi connectivity index (χ3n) is 5.89. The molecule has 0 bridgehead atoms. The van der Waals surface area contributed by atoms with E-state index in [2.05, 4.69) is 39.7 Å². The van der Waals surface area contributed by atoms with Crippen LogP contribution in [-0.4, -0.2) is 38.8 Å². The average Bonchev–Trinajstić information content (AvgIpc) is 3.49. The molecular weight excluding hydrogens is 348 g/mol. The zero-order valence-corrected chi connectivity index (χ0v) is 15.7. The summed E-state index contributed by atoms with van der Waals surface area (Å²) < 4.78 is 0. The number of hydrogen-bond acceptors (Lipinski definition) is 4. The van der Waals surface area contributed by atoms with Gasteiger partial charge in [0.2, 0.25) is 5.91 Å². The second kappa shape index (κ2) is 6.82. The van der Waals surface area contributed by atoms with Crippen LogP contribution in [0, 0.1) is 0 Å². The predicted octanol–water partition coefficient (Wildman–Crippen LogP) is 4.07. The Kier molecular flexibility index (Phi) is 4.15. The molecule has 2 aliphatic rings. The van der Waals surface area contributed by atoms with Crippen molar-refractivity contribution in [1.29, 1.82) is 0 Å². The normalized spacial score (nSPS) is 19.1. The molecule has 5 nitrogen and oxygen atoms in total. The fourth-order valence-electron chi connectivity index (χ4n) is 4.21. The summed E-state index contributed by atoms with van der Waals surface area (Å²) in [5, 5.41) is 1.03. The highest BCUT2D eigenvalue weighted by molar-refractivity contribution is 5.89. The summed E-state index contributed by atoms with van der Waals surface area (Å²) in [5.41, 5.74) is 5.76. The minimum atomic E-state index is -0.000999. The lowest BCUT2D eigenvalue weighted by Gasteiger charge is -2.17. The van der Waals surface area contributed by atoms with Crippen molar-refractivity contribution in [1.82, 2.24) is 19.9 Å². The smallest absolute Gasteiger partial charge is 0.245 e. The van der Waals surface area contributed by atoms with Gasteiger partial charge in [0.1, 0.15) is 6.33 Å². The predicted molar refractivity (Wildman–Crippen MR) is 109 cm³/mol. The molecule has 3 aromatic rings. The van der Waals surface area contributed by atoms with E-state index < -0.39 is 0 Å². The van der Waals surface area contributed by atoms with Crippen LogP contribution in [0.1, 0.15) is 42.2 Å². The van der Waals surface area contributed by atoms with Crippen LogP contribution in [0.3, 0.4) is 0 Å². The van der Waals surface area contributed by atoms with Gasteiger partial charge in [0.25, 0.3) is 0 Å². The summed E-state index contributed by atoms with van der Waals surface area (Å²) >= 11 is 0. The Bertz CT molecular complexity index is 1070. The van der Waals surface area contributed by atoms with Gasteiger partial charge in [-0.25, -0.2) is 9.97 Å². The topological polar surface area (TPSA) is 59.0 Å². The molecule has 1 saturated carbocycles. The van der Waals surface area contributed by atoms with Crippen molar-refractivity contribution in [2.75, 3.05) is 13.1 Å². The van der Waals surface area contributed by atoms with Gasteiger partial charge in [-0.05, 0) is 66.1 Å². The molecule has 2 fully saturated rings. The first kappa shape index (κ1) is 17.0. The van der Waals surface area contributed by atoms with Crippen molar-refractivity contribution in [3.05, 3.63) is 66.9 Å². The first-order valence-electron chi connectivity index (χ1n) is 9.83. The second-order valence-corrected chi connectivity index (χ2v) is 7.78. The first-order valence-corrected chi connectivity index (χ1v) is 9.83. The highest BCUT2D eigenvalue weighted by atomic mass is 16.2. The summed E-state index contributed by atoms with van der Waals surface area (Å²) in [6, 6.07) is 6.64. The van der Waals surface area contributed by atoms with Crippen molar-refractivity contribution in [2.24, 2.45) is 0 Å². The van der Waals surface area contributed by atoms with Crippen molar-refractivity contribution < 1.29 is 4.79 Å². The van der Waals surface area contributed by atoms with Crippen molar-refractivity contribution in [3.63, 3.8) is 0 Å². The van der Waals surface area contributed by atoms with E-state index in [0.29, 0.717) is 12.5 Å². The number of aromatic nitrogens is 3. The number of rotatable bonds is 4. The number of fused-ring (bicyclic) bond motifs is 1. The SMILES string of the molecule is C=CC(=O)N1CCC(c2cc(-c3cncc(C4CC4)c3)cc3cncnc23)C1. The zero-order chi connectivity index (χ0) is 19.1. The van der Waals surface area contributed by atoms with Crippen molar-refractivity contribution in [3.8, 4) is 11.1 Å². The molecule has 0 N–H and O–H groups in total. The van der Waals surface area contributed by atoms with E-state index in [-0.39, 0.29) is 11.8 Å². The van der Waals surface area contributed by atoms with Crippen LogP contribution in [0.2, 0.25) is 0 Å². The van der Waals surface area contributed by atoms with Crippen LogP contribution in [-0.2, 0) is 4.79 Å². The third kappa shape index (κ3) is 3.07. The molecule has 0 radical (unpaired) electrons. The van der Waals surface area contributed by atoms with E-state index in [1.807, 2.05) is 23.5 Å². The molecule has 1 atom stereocenters. The maximum absolute atomic E-state index is 12.0. The Morgan fingerprint density at radius 1 is 1.04 bits per heavy atom. The highest BCUT2D eigenvalue weighted by Crippen LogP contribution is 2.41. The lowest BCUT2D eigenvalue weighted by Crippen LogP contribution is -2.26. The quantitative estimate of drug-likeness (QED) is 0.650. The van der Waals surface area contributed by atoms with Crippen molar-refractivity contribution >= 4 is 16.8 Å². The third-order valence-corrected chi connectivity index (χ3v) is 5.89. The summed E-state index contributed by atoms with van der Waals surface area (Å²) in [6.07, 6.45) is 12.2. The molecule has 1 saturated heterocycles. The number of amides is 1. The molecular formula is C23H22N4O. The van der Waals surface area contributed by atoms with E-state index in [9.17, 15) is 4.79 Å². The number of hydrogen-bond donors (Lipinski definition) is 0. The maximum Gasteiger partial charge on any atom is 0.245 e. The monoisotopic (exact) mass is 370 g/mol. The number of likely N-dealkylation sites (tertiary alicyclic amines) is 1. The van der Waals surface area contributed by atoms with Crippen LogP contribution >= 0.6 is 0 Å². The minimum absolute atomic E-state index is 0.000999. The van der Waals surface area contributed by atoms with E-state index >= 15 is 0 Å². The Hall–Kier alpha value is -3.08. The molecule has 1 amide bonds. The second-order valence-electron chi connectivity index (χ2n) is 7.78. The number of pyridine rings is 1. The Labute approximate surface area is 164 Å².